The molecular formula is C7H12ClNO. The molecule has 10 heavy (non-hydrogen) atoms. The van der Waals surface area contributed by atoms with Gasteiger partial charge in [0.2, 0.25) is 0 Å². The second kappa shape index (κ2) is 5.40. The molecule has 1 saturated heterocycles. The fraction of sp³-hybridized carbons (Fsp3) is 0.714. The molecule has 1 heterocycles. The Kier molecular flexibility index (Phi) is 5.19. The summed E-state index contributed by atoms with van der Waals surface area (Å²) in [7, 11) is 0. The number of ether oxygens (including phenoxy) is 1. The van der Waals surface area contributed by atoms with Gasteiger partial charge < -0.3 is 9.64 Å². The van der Waals surface area contributed by atoms with E-state index in [4.69, 9.17) is 4.74 Å². The zero-order chi connectivity index (χ0) is 6.53. The van der Waals surface area contributed by atoms with E-state index in [1.807, 2.05) is 6.92 Å². The highest BCUT2D eigenvalue weighted by Crippen LogP contribution is 1.92. The first-order chi connectivity index (χ1) is 4.43. The van der Waals surface area contributed by atoms with Gasteiger partial charge >= 0.3 is 0 Å². The molecule has 0 unspecified atom stereocenters. The highest BCUT2D eigenvalue weighted by Gasteiger charge is 2.04. The van der Waals surface area contributed by atoms with Crippen LogP contribution in [0.3, 0.4) is 0 Å². The van der Waals surface area contributed by atoms with E-state index in [1.165, 1.54) is 0 Å². The van der Waals surface area contributed by atoms with Gasteiger partial charge in [-0.2, -0.15) is 0 Å². The zero-order valence-electron chi connectivity index (χ0n) is 6.09. The largest absolute Gasteiger partial charge is 0.378 e. The van der Waals surface area contributed by atoms with Crippen LogP contribution in [0.25, 0.3) is 0 Å². The van der Waals surface area contributed by atoms with Crippen molar-refractivity contribution in [2.24, 2.45) is 0 Å². The Balaban J connectivity index is 0.000000810. The first kappa shape index (κ1) is 9.61. The first-order valence-corrected chi connectivity index (χ1v) is 3.18. The van der Waals surface area contributed by atoms with Crippen LogP contribution in [0.2, 0.25) is 0 Å². The molecule has 1 fully saturated rings. The fourth-order valence-electron chi connectivity index (χ4n) is 0.833. The van der Waals surface area contributed by atoms with Crippen molar-refractivity contribution in [2.75, 3.05) is 26.3 Å². The topological polar surface area (TPSA) is 12.5 Å². The monoisotopic (exact) mass is 161 g/mol. The Morgan fingerprint density at radius 2 is 1.90 bits per heavy atom. The van der Waals surface area contributed by atoms with Crippen LogP contribution in [0.1, 0.15) is 6.92 Å². The Labute approximate surface area is 67.9 Å². The van der Waals surface area contributed by atoms with Gasteiger partial charge in [-0.05, 0) is 6.92 Å². The van der Waals surface area contributed by atoms with Crippen LogP contribution in [-0.4, -0.2) is 31.2 Å². The van der Waals surface area contributed by atoms with Gasteiger partial charge in [-0.15, -0.1) is 12.4 Å². The van der Waals surface area contributed by atoms with Gasteiger partial charge in [0.05, 0.1) is 13.2 Å². The highest BCUT2D eigenvalue weighted by molar-refractivity contribution is 5.85. The average Bonchev–Trinajstić information content (AvgIpc) is 1.91. The van der Waals surface area contributed by atoms with Crippen LogP contribution in [0.5, 0.6) is 0 Å². The number of hydrogen-bond acceptors (Lipinski definition) is 2. The number of halogens is 1. The number of nitrogens with zero attached hydrogens (tertiary/aromatic N) is 1. The minimum atomic E-state index is 0. The molecule has 0 amide bonds. The number of morpholine rings is 1. The van der Waals surface area contributed by atoms with E-state index in [2.05, 4.69) is 16.9 Å². The van der Waals surface area contributed by atoms with E-state index in [0.29, 0.717) is 0 Å². The maximum absolute atomic E-state index is 5.14. The third-order valence-corrected chi connectivity index (χ3v) is 1.28. The van der Waals surface area contributed by atoms with E-state index >= 15 is 0 Å². The molecule has 0 N–H and O–H groups in total. The number of rotatable bonds is 0. The van der Waals surface area contributed by atoms with E-state index in [1.54, 1.807) is 0 Å². The van der Waals surface area contributed by atoms with Gasteiger partial charge in [-0.1, -0.05) is 5.92 Å². The lowest BCUT2D eigenvalue weighted by atomic mass is 10.4. The Morgan fingerprint density at radius 1 is 1.30 bits per heavy atom. The minimum Gasteiger partial charge on any atom is -0.378 e. The summed E-state index contributed by atoms with van der Waals surface area (Å²) in [4.78, 5) is 2.09. The summed E-state index contributed by atoms with van der Waals surface area (Å²) in [5, 5.41) is 0. The molecule has 0 atom stereocenters. The van der Waals surface area contributed by atoms with Crippen molar-refractivity contribution in [3.63, 3.8) is 0 Å². The van der Waals surface area contributed by atoms with E-state index in [0.717, 1.165) is 26.3 Å². The molecule has 0 aromatic rings. The number of hydrogen-bond donors (Lipinski definition) is 0. The summed E-state index contributed by atoms with van der Waals surface area (Å²) >= 11 is 0. The molecule has 2 nitrogen and oxygen atoms in total. The molecule has 0 saturated carbocycles. The van der Waals surface area contributed by atoms with E-state index in [9.17, 15) is 0 Å². The summed E-state index contributed by atoms with van der Waals surface area (Å²) in [6, 6.07) is 2.99. The minimum absolute atomic E-state index is 0. The van der Waals surface area contributed by atoms with Crippen LogP contribution in [0.4, 0.5) is 0 Å². The Hall–Kier alpha value is -0.390. The third-order valence-electron chi connectivity index (χ3n) is 1.28. The molecule has 1 aliphatic rings. The smallest absolute Gasteiger partial charge is 0.0649 e. The molecule has 0 bridgehead atoms. The van der Waals surface area contributed by atoms with Crippen LogP contribution in [0, 0.1) is 12.0 Å². The van der Waals surface area contributed by atoms with E-state index < -0.39 is 0 Å². The van der Waals surface area contributed by atoms with Gasteiger partial charge in [0.1, 0.15) is 0 Å². The normalized spacial score (nSPS) is 16.7. The molecule has 1 aliphatic heterocycles. The first-order valence-electron chi connectivity index (χ1n) is 3.18. The molecule has 58 valence electrons. The molecule has 3 heteroatoms. The predicted octanol–water partition coefficient (Wildman–Crippen LogP) is 0.721. The summed E-state index contributed by atoms with van der Waals surface area (Å²) in [5.74, 6) is 2.86. The average molecular weight is 162 g/mol. The maximum Gasteiger partial charge on any atom is 0.0649 e. The van der Waals surface area contributed by atoms with Crippen molar-refractivity contribution in [3.8, 4) is 12.0 Å². The standard InChI is InChI=1S/C7H11NO.ClH/c1-2-3-8-4-6-9-7-5-8;/h4-7H2,1H3;1H. The fourth-order valence-corrected chi connectivity index (χ4v) is 0.833. The van der Waals surface area contributed by atoms with Crippen molar-refractivity contribution in [2.45, 2.75) is 6.92 Å². The van der Waals surface area contributed by atoms with Crippen LogP contribution in [0.15, 0.2) is 0 Å². The van der Waals surface area contributed by atoms with Crippen molar-refractivity contribution in [1.29, 1.82) is 0 Å². The van der Waals surface area contributed by atoms with Crippen molar-refractivity contribution in [3.05, 3.63) is 0 Å². The van der Waals surface area contributed by atoms with Gasteiger partial charge in [0.25, 0.3) is 0 Å². The highest BCUT2D eigenvalue weighted by atomic mass is 35.5. The quantitative estimate of drug-likeness (QED) is 0.486. The van der Waals surface area contributed by atoms with Gasteiger partial charge in [0, 0.05) is 19.1 Å². The van der Waals surface area contributed by atoms with Gasteiger partial charge in [-0.25, -0.2) is 0 Å². The second-order valence-corrected chi connectivity index (χ2v) is 1.96. The lowest BCUT2D eigenvalue weighted by Gasteiger charge is -2.22. The van der Waals surface area contributed by atoms with E-state index in [-0.39, 0.29) is 12.4 Å². The Bertz CT molecular complexity index is 132. The Morgan fingerprint density at radius 3 is 2.40 bits per heavy atom. The molecule has 0 radical (unpaired) electrons. The molecule has 0 aromatic carbocycles. The van der Waals surface area contributed by atoms with Crippen molar-refractivity contribution < 1.29 is 4.74 Å². The molecular weight excluding hydrogens is 150 g/mol. The molecule has 1 rings (SSSR count). The molecule has 0 aliphatic carbocycles. The molecule has 0 spiro atoms. The maximum atomic E-state index is 5.14. The summed E-state index contributed by atoms with van der Waals surface area (Å²) in [6.45, 7) is 5.43. The van der Waals surface area contributed by atoms with Crippen LogP contribution in [-0.2, 0) is 4.74 Å². The van der Waals surface area contributed by atoms with Crippen molar-refractivity contribution >= 4 is 12.4 Å². The summed E-state index contributed by atoms with van der Waals surface area (Å²) in [6.07, 6.45) is 0. The van der Waals surface area contributed by atoms with Crippen LogP contribution < -0.4 is 0 Å². The zero-order valence-corrected chi connectivity index (χ0v) is 6.91. The lowest BCUT2D eigenvalue weighted by molar-refractivity contribution is 0.0638. The van der Waals surface area contributed by atoms with Crippen LogP contribution >= 0.6 is 12.4 Å². The second-order valence-electron chi connectivity index (χ2n) is 1.96. The summed E-state index contributed by atoms with van der Waals surface area (Å²) in [5.41, 5.74) is 0. The SMILES string of the molecule is CC#CN1CCOCC1.Cl. The summed E-state index contributed by atoms with van der Waals surface area (Å²) < 4.78 is 5.14. The van der Waals surface area contributed by atoms with Gasteiger partial charge in [0.15, 0.2) is 0 Å². The molecule has 0 aromatic heterocycles. The third kappa shape index (κ3) is 2.95. The van der Waals surface area contributed by atoms with Crippen molar-refractivity contribution in [1.82, 2.24) is 4.90 Å². The lowest BCUT2D eigenvalue weighted by Crippen LogP contribution is -2.32. The van der Waals surface area contributed by atoms with Gasteiger partial charge in [-0.3, -0.25) is 0 Å². The predicted molar refractivity (Wildman–Crippen MR) is 43.1 cm³/mol.